The van der Waals surface area contributed by atoms with Crippen LogP contribution < -0.4 is 10.1 Å². The Hall–Kier alpha value is -2.03. The van der Waals surface area contributed by atoms with E-state index in [1.165, 1.54) is 17.5 Å². The monoisotopic (exact) mass is 282 g/mol. The van der Waals surface area contributed by atoms with Crippen LogP contribution >= 0.6 is 0 Å². The van der Waals surface area contributed by atoms with Crippen LogP contribution in [0, 0.1) is 13.8 Å². The zero-order chi connectivity index (χ0) is 14.8. The standard InChI is InChI=1S/C18H22N2O/c1-12-7-10-17(13(2)19-12)20-18-6-4-5-14-8-9-15(21-3)11-16(14)18/h7-11,18,20H,4-6H2,1-3H3. The minimum Gasteiger partial charge on any atom is -0.497 e. The van der Waals surface area contributed by atoms with E-state index in [0.29, 0.717) is 6.04 Å². The third-order valence-corrected chi connectivity index (χ3v) is 4.22. The molecular weight excluding hydrogens is 260 g/mol. The molecule has 2 aromatic rings. The molecule has 0 radical (unpaired) electrons. The van der Waals surface area contributed by atoms with Gasteiger partial charge in [0.05, 0.1) is 24.5 Å². The quantitative estimate of drug-likeness (QED) is 0.916. The number of methoxy groups -OCH3 is 1. The molecule has 3 nitrogen and oxygen atoms in total. The molecule has 0 bridgehead atoms. The van der Waals surface area contributed by atoms with Gasteiger partial charge in [0.25, 0.3) is 0 Å². The molecule has 0 spiro atoms. The van der Waals surface area contributed by atoms with Gasteiger partial charge in [-0.3, -0.25) is 4.98 Å². The minimum absolute atomic E-state index is 0.340. The van der Waals surface area contributed by atoms with E-state index in [1.807, 2.05) is 6.92 Å². The second-order valence-electron chi connectivity index (χ2n) is 5.74. The van der Waals surface area contributed by atoms with Crippen molar-refractivity contribution in [3.63, 3.8) is 0 Å². The predicted octanol–water partition coefficient (Wildman–Crippen LogP) is 4.20. The van der Waals surface area contributed by atoms with Crippen molar-refractivity contribution in [3.05, 3.63) is 52.8 Å². The summed E-state index contributed by atoms with van der Waals surface area (Å²) < 4.78 is 5.38. The highest BCUT2D eigenvalue weighted by Crippen LogP contribution is 2.35. The first-order chi connectivity index (χ1) is 10.2. The first kappa shape index (κ1) is 13.9. The Labute approximate surface area is 126 Å². The van der Waals surface area contributed by atoms with Crippen LogP contribution in [0.5, 0.6) is 5.75 Å². The first-order valence-corrected chi connectivity index (χ1v) is 7.55. The molecule has 3 rings (SSSR count). The molecule has 1 unspecified atom stereocenters. The summed E-state index contributed by atoms with van der Waals surface area (Å²) in [6, 6.07) is 11.0. The highest BCUT2D eigenvalue weighted by atomic mass is 16.5. The molecule has 1 aliphatic carbocycles. The number of ether oxygens (including phenoxy) is 1. The summed E-state index contributed by atoms with van der Waals surface area (Å²) in [7, 11) is 1.72. The third-order valence-electron chi connectivity index (χ3n) is 4.22. The zero-order valence-electron chi connectivity index (χ0n) is 12.9. The molecule has 1 atom stereocenters. The van der Waals surface area contributed by atoms with Gasteiger partial charge in [0.2, 0.25) is 0 Å². The summed E-state index contributed by atoms with van der Waals surface area (Å²) >= 11 is 0. The van der Waals surface area contributed by atoms with Crippen LogP contribution in [0.15, 0.2) is 30.3 Å². The number of pyridine rings is 1. The van der Waals surface area contributed by atoms with E-state index < -0.39 is 0 Å². The second kappa shape index (κ2) is 5.76. The molecule has 0 saturated carbocycles. The maximum Gasteiger partial charge on any atom is 0.119 e. The number of hydrogen-bond acceptors (Lipinski definition) is 3. The molecule has 0 saturated heterocycles. The fourth-order valence-electron chi connectivity index (χ4n) is 3.08. The molecule has 0 aliphatic heterocycles. The van der Waals surface area contributed by atoms with Gasteiger partial charge in [-0.2, -0.15) is 0 Å². The summed E-state index contributed by atoms with van der Waals surface area (Å²) in [6.07, 6.45) is 3.52. The van der Waals surface area contributed by atoms with Gasteiger partial charge >= 0.3 is 0 Å². The maximum absolute atomic E-state index is 5.38. The fourth-order valence-corrected chi connectivity index (χ4v) is 3.08. The number of aryl methyl sites for hydroxylation is 3. The Morgan fingerprint density at radius 1 is 1.19 bits per heavy atom. The normalized spacial score (nSPS) is 17.2. The topological polar surface area (TPSA) is 34.1 Å². The van der Waals surface area contributed by atoms with E-state index in [1.54, 1.807) is 7.11 Å². The summed E-state index contributed by atoms with van der Waals surface area (Å²) in [5.74, 6) is 0.932. The van der Waals surface area contributed by atoms with Crippen molar-refractivity contribution >= 4 is 5.69 Å². The van der Waals surface area contributed by atoms with Gasteiger partial charge in [0.1, 0.15) is 5.75 Å². The van der Waals surface area contributed by atoms with Gasteiger partial charge in [-0.05, 0) is 68.5 Å². The molecular formula is C18H22N2O. The fraction of sp³-hybridized carbons (Fsp3) is 0.389. The first-order valence-electron chi connectivity index (χ1n) is 7.55. The minimum atomic E-state index is 0.340. The lowest BCUT2D eigenvalue weighted by molar-refractivity contribution is 0.413. The number of fused-ring (bicyclic) bond motifs is 1. The van der Waals surface area contributed by atoms with Crippen molar-refractivity contribution in [1.29, 1.82) is 0 Å². The Balaban J connectivity index is 1.90. The van der Waals surface area contributed by atoms with Crippen LogP contribution in [-0.2, 0) is 6.42 Å². The summed E-state index contributed by atoms with van der Waals surface area (Å²) in [6.45, 7) is 4.09. The van der Waals surface area contributed by atoms with Crippen LogP contribution in [0.4, 0.5) is 5.69 Å². The van der Waals surface area contributed by atoms with Crippen LogP contribution in [0.1, 0.15) is 41.4 Å². The van der Waals surface area contributed by atoms with Crippen molar-refractivity contribution in [2.45, 2.75) is 39.2 Å². The maximum atomic E-state index is 5.38. The van der Waals surface area contributed by atoms with Crippen molar-refractivity contribution in [1.82, 2.24) is 4.98 Å². The summed E-state index contributed by atoms with van der Waals surface area (Å²) in [4.78, 5) is 4.54. The lowest BCUT2D eigenvalue weighted by Crippen LogP contribution is -2.18. The number of rotatable bonds is 3. The number of hydrogen-bond donors (Lipinski definition) is 1. The van der Waals surface area contributed by atoms with Crippen molar-refractivity contribution < 1.29 is 4.74 Å². The molecule has 0 fully saturated rings. The number of benzene rings is 1. The molecule has 1 aromatic carbocycles. The van der Waals surface area contributed by atoms with E-state index in [2.05, 4.69) is 47.6 Å². The average Bonchev–Trinajstić information content (AvgIpc) is 2.50. The highest BCUT2D eigenvalue weighted by Gasteiger charge is 2.21. The summed E-state index contributed by atoms with van der Waals surface area (Å²) in [5, 5.41) is 3.67. The van der Waals surface area contributed by atoms with Crippen molar-refractivity contribution in [3.8, 4) is 5.75 Å². The molecule has 1 N–H and O–H groups in total. The number of anilines is 1. The smallest absolute Gasteiger partial charge is 0.119 e. The Kier molecular flexibility index (Phi) is 3.82. The molecule has 1 aliphatic rings. The van der Waals surface area contributed by atoms with Crippen molar-refractivity contribution in [2.24, 2.45) is 0 Å². The van der Waals surface area contributed by atoms with Gasteiger partial charge in [-0.25, -0.2) is 0 Å². The van der Waals surface area contributed by atoms with Gasteiger partial charge in [0, 0.05) is 5.69 Å². The van der Waals surface area contributed by atoms with E-state index >= 15 is 0 Å². The highest BCUT2D eigenvalue weighted by molar-refractivity contribution is 5.51. The molecule has 3 heteroatoms. The molecule has 1 aromatic heterocycles. The van der Waals surface area contributed by atoms with Gasteiger partial charge in [0.15, 0.2) is 0 Å². The van der Waals surface area contributed by atoms with Crippen molar-refractivity contribution in [2.75, 3.05) is 12.4 Å². The van der Waals surface area contributed by atoms with Gasteiger partial charge in [-0.15, -0.1) is 0 Å². The SMILES string of the molecule is COc1ccc2c(c1)C(Nc1ccc(C)nc1C)CCC2. The van der Waals surface area contributed by atoms with Gasteiger partial charge in [-0.1, -0.05) is 6.07 Å². The Morgan fingerprint density at radius 3 is 2.81 bits per heavy atom. The van der Waals surface area contributed by atoms with E-state index in [4.69, 9.17) is 4.74 Å². The zero-order valence-corrected chi connectivity index (χ0v) is 12.9. The average molecular weight is 282 g/mol. The van der Waals surface area contributed by atoms with E-state index in [0.717, 1.165) is 35.7 Å². The van der Waals surface area contributed by atoms with Crippen LogP contribution in [0.2, 0.25) is 0 Å². The Bertz CT molecular complexity index is 652. The molecule has 1 heterocycles. The number of aromatic nitrogens is 1. The summed E-state index contributed by atoms with van der Waals surface area (Å²) in [5.41, 5.74) is 6.04. The third kappa shape index (κ3) is 2.87. The predicted molar refractivity (Wildman–Crippen MR) is 86.0 cm³/mol. The number of nitrogens with zero attached hydrogens (tertiary/aromatic N) is 1. The molecule has 0 amide bonds. The molecule has 21 heavy (non-hydrogen) atoms. The van der Waals surface area contributed by atoms with Crippen LogP contribution in [0.25, 0.3) is 0 Å². The van der Waals surface area contributed by atoms with E-state index in [9.17, 15) is 0 Å². The van der Waals surface area contributed by atoms with E-state index in [-0.39, 0.29) is 0 Å². The molecule has 110 valence electrons. The lowest BCUT2D eigenvalue weighted by Gasteiger charge is -2.28. The lowest BCUT2D eigenvalue weighted by atomic mass is 9.87. The van der Waals surface area contributed by atoms with Crippen LogP contribution in [0.3, 0.4) is 0 Å². The largest absolute Gasteiger partial charge is 0.497 e. The van der Waals surface area contributed by atoms with Crippen LogP contribution in [-0.4, -0.2) is 12.1 Å². The number of nitrogens with one attached hydrogen (secondary N) is 1. The second-order valence-corrected chi connectivity index (χ2v) is 5.74. The van der Waals surface area contributed by atoms with Gasteiger partial charge < -0.3 is 10.1 Å². The Morgan fingerprint density at radius 2 is 2.05 bits per heavy atom.